The SMILES string of the molecule is Cc1ccc(-c2ccc(OCc3ccccc3)cc2N)cc1. The molecule has 0 bridgehead atoms. The zero-order chi connectivity index (χ0) is 15.4. The normalized spacial score (nSPS) is 10.4. The highest BCUT2D eigenvalue weighted by atomic mass is 16.5. The van der Waals surface area contributed by atoms with Crippen LogP contribution >= 0.6 is 0 Å². The number of hydrogen-bond acceptors (Lipinski definition) is 2. The second-order valence-electron chi connectivity index (χ2n) is 5.39. The average molecular weight is 289 g/mol. The van der Waals surface area contributed by atoms with Crippen molar-refractivity contribution >= 4 is 5.69 Å². The molecule has 3 aromatic carbocycles. The van der Waals surface area contributed by atoms with E-state index in [9.17, 15) is 0 Å². The van der Waals surface area contributed by atoms with Crippen molar-refractivity contribution in [3.05, 3.63) is 83.9 Å². The zero-order valence-electron chi connectivity index (χ0n) is 12.6. The van der Waals surface area contributed by atoms with Crippen LogP contribution in [-0.4, -0.2) is 0 Å². The second-order valence-corrected chi connectivity index (χ2v) is 5.39. The largest absolute Gasteiger partial charge is 0.489 e. The summed E-state index contributed by atoms with van der Waals surface area (Å²) < 4.78 is 5.80. The van der Waals surface area contributed by atoms with E-state index in [0.29, 0.717) is 6.61 Å². The van der Waals surface area contributed by atoms with Crippen molar-refractivity contribution in [3.63, 3.8) is 0 Å². The van der Waals surface area contributed by atoms with Crippen molar-refractivity contribution in [1.82, 2.24) is 0 Å². The van der Waals surface area contributed by atoms with Crippen molar-refractivity contribution in [1.29, 1.82) is 0 Å². The summed E-state index contributed by atoms with van der Waals surface area (Å²) in [6.07, 6.45) is 0. The number of benzene rings is 3. The molecular formula is C20H19NO. The fourth-order valence-corrected chi connectivity index (χ4v) is 2.37. The summed E-state index contributed by atoms with van der Waals surface area (Å²) in [5.41, 5.74) is 11.5. The minimum atomic E-state index is 0.546. The Morgan fingerprint density at radius 3 is 2.27 bits per heavy atom. The Balaban J connectivity index is 1.76. The molecule has 2 heteroatoms. The van der Waals surface area contributed by atoms with Gasteiger partial charge in [0, 0.05) is 17.3 Å². The van der Waals surface area contributed by atoms with E-state index < -0.39 is 0 Å². The molecule has 0 saturated heterocycles. The van der Waals surface area contributed by atoms with Gasteiger partial charge in [-0.3, -0.25) is 0 Å². The topological polar surface area (TPSA) is 35.2 Å². The Kier molecular flexibility index (Phi) is 4.10. The molecule has 0 unspecified atom stereocenters. The molecule has 0 spiro atoms. The minimum Gasteiger partial charge on any atom is -0.489 e. The molecule has 3 rings (SSSR count). The molecule has 0 radical (unpaired) electrons. The Morgan fingerprint density at radius 2 is 1.59 bits per heavy atom. The lowest BCUT2D eigenvalue weighted by atomic mass is 10.0. The first-order valence-electron chi connectivity index (χ1n) is 7.36. The summed E-state index contributed by atoms with van der Waals surface area (Å²) in [4.78, 5) is 0. The Bertz CT molecular complexity index is 748. The molecule has 3 aromatic rings. The molecule has 0 aliphatic rings. The molecule has 0 atom stereocenters. The van der Waals surface area contributed by atoms with E-state index in [-0.39, 0.29) is 0 Å². The van der Waals surface area contributed by atoms with Gasteiger partial charge in [0.15, 0.2) is 0 Å². The molecule has 0 aliphatic heterocycles. The van der Waals surface area contributed by atoms with Gasteiger partial charge in [-0.1, -0.05) is 60.2 Å². The van der Waals surface area contributed by atoms with Crippen LogP contribution < -0.4 is 10.5 Å². The quantitative estimate of drug-likeness (QED) is 0.699. The zero-order valence-corrected chi connectivity index (χ0v) is 12.6. The fraction of sp³-hybridized carbons (Fsp3) is 0.100. The number of aryl methyl sites for hydroxylation is 1. The van der Waals surface area contributed by atoms with Crippen LogP contribution in [0.5, 0.6) is 5.75 Å². The molecule has 0 aromatic heterocycles. The molecule has 2 N–H and O–H groups in total. The van der Waals surface area contributed by atoms with Crippen molar-refractivity contribution in [2.45, 2.75) is 13.5 Å². The van der Waals surface area contributed by atoms with Crippen molar-refractivity contribution in [2.24, 2.45) is 0 Å². The lowest BCUT2D eigenvalue weighted by Crippen LogP contribution is -1.97. The molecule has 0 fully saturated rings. The van der Waals surface area contributed by atoms with Crippen LogP contribution in [0, 0.1) is 6.92 Å². The smallest absolute Gasteiger partial charge is 0.121 e. The first kappa shape index (κ1) is 14.2. The van der Waals surface area contributed by atoms with E-state index in [2.05, 4.69) is 31.2 Å². The molecule has 22 heavy (non-hydrogen) atoms. The summed E-state index contributed by atoms with van der Waals surface area (Å²) in [5, 5.41) is 0. The first-order valence-corrected chi connectivity index (χ1v) is 7.36. The Labute approximate surface area is 131 Å². The number of rotatable bonds is 4. The third-order valence-electron chi connectivity index (χ3n) is 3.63. The average Bonchev–Trinajstić information content (AvgIpc) is 2.55. The molecular weight excluding hydrogens is 270 g/mol. The van der Waals surface area contributed by atoms with E-state index in [0.717, 1.165) is 28.1 Å². The summed E-state index contributed by atoms with van der Waals surface area (Å²) in [7, 11) is 0. The van der Waals surface area contributed by atoms with Gasteiger partial charge in [0.1, 0.15) is 12.4 Å². The predicted molar refractivity (Wildman–Crippen MR) is 91.8 cm³/mol. The number of nitrogens with two attached hydrogens (primary N) is 1. The fourth-order valence-electron chi connectivity index (χ4n) is 2.37. The van der Waals surface area contributed by atoms with Gasteiger partial charge in [0.25, 0.3) is 0 Å². The Morgan fingerprint density at radius 1 is 0.864 bits per heavy atom. The third-order valence-corrected chi connectivity index (χ3v) is 3.63. The van der Waals surface area contributed by atoms with Crippen LogP contribution in [0.1, 0.15) is 11.1 Å². The molecule has 0 heterocycles. The van der Waals surface area contributed by atoms with Crippen molar-refractivity contribution in [2.75, 3.05) is 5.73 Å². The van der Waals surface area contributed by atoms with Gasteiger partial charge in [-0.2, -0.15) is 0 Å². The lowest BCUT2D eigenvalue weighted by Gasteiger charge is -2.10. The van der Waals surface area contributed by atoms with Gasteiger partial charge in [0.2, 0.25) is 0 Å². The monoisotopic (exact) mass is 289 g/mol. The van der Waals surface area contributed by atoms with Crippen LogP contribution in [0.2, 0.25) is 0 Å². The number of nitrogen functional groups attached to an aromatic ring is 1. The van der Waals surface area contributed by atoms with Gasteiger partial charge in [-0.05, 0) is 30.2 Å². The van der Waals surface area contributed by atoms with Crippen LogP contribution in [0.4, 0.5) is 5.69 Å². The summed E-state index contributed by atoms with van der Waals surface area (Å²) in [6, 6.07) is 24.3. The van der Waals surface area contributed by atoms with E-state index in [1.807, 2.05) is 48.5 Å². The summed E-state index contributed by atoms with van der Waals surface area (Å²) in [5.74, 6) is 0.789. The molecule has 0 saturated carbocycles. The Hall–Kier alpha value is -2.74. The van der Waals surface area contributed by atoms with Crippen molar-refractivity contribution < 1.29 is 4.74 Å². The van der Waals surface area contributed by atoms with Crippen LogP contribution in [0.25, 0.3) is 11.1 Å². The van der Waals surface area contributed by atoms with Crippen LogP contribution in [0.15, 0.2) is 72.8 Å². The maximum Gasteiger partial charge on any atom is 0.121 e. The standard InChI is InChI=1S/C20H19NO/c1-15-7-9-17(10-8-15)19-12-11-18(13-20(19)21)22-14-16-5-3-2-4-6-16/h2-13H,14,21H2,1H3. The van der Waals surface area contributed by atoms with Crippen molar-refractivity contribution in [3.8, 4) is 16.9 Å². The van der Waals surface area contributed by atoms with E-state index >= 15 is 0 Å². The van der Waals surface area contributed by atoms with Gasteiger partial charge in [-0.25, -0.2) is 0 Å². The molecule has 0 aliphatic carbocycles. The first-order chi connectivity index (χ1) is 10.7. The van der Waals surface area contributed by atoms with E-state index in [1.165, 1.54) is 5.56 Å². The van der Waals surface area contributed by atoms with Crippen LogP contribution in [0.3, 0.4) is 0 Å². The van der Waals surface area contributed by atoms with Gasteiger partial charge >= 0.3 is 0 Å². The van der Waals surface area contributed by atoms with Gasteiger partial charge < -0.3 is 10.5 Å². The molecule has 2 nitrogen and oxygen atoms in total. The predicted octanol–water partition coefficient (Wildman–Crippen LogP) is 4.82. The number of hydrogen-bond donors (Lipinski definition) is 1. The minimum absolute atomic E-state index is 0.546. The highest BCUT2D eigenvalue weighted by Crippen LogP contribution is 2.29. The second kappa shape index (κ2) is 6.35. The number of ether oxygens (including phenoxy) is 1. The maximum atomic E-state index is 6.18. The lowest BCUT2D eigenvalue weighted by molar-refractivity contribution is 0.306. The molecule has 0 amide bonds. The maximum absolute atomic E-state index is 6.18. The highest BCUT2D eigenvalue weighted by Gasteiger charge is 2.04. The summed E-state index contributed by atoms with van der Waals surface area (Å²) >= 11 is 0. The highest BCUT2D eigenvalue weighted by molar-refractivity contribution is 5.77. The van der Waals surface area contributed by atoms with E-state index in [4.69, 9.17) is 10.5 Å². The third kappa shape index (κ3) is 3.29. The molecule has 110 valence electrons. The van der Waals surface area contributed by atoms with Gasteiger partial charge in [-0.15, -0.1) is 0 Å². The van der Waals surface area contributed by atoms with E-state index in [1.54, 1.807) is 0 Å². The van der Waals surface area contributed by atoms with Gasteiger partial charge in [0.05, 0.1) is 0 Å². The summed E-state index contributed by atoms with van der Waals surface area (Å²) in [6.45, 7) is 2.62. The number of anilines is 1. The van der Waals surface area contributed by atoms with Crippen LogP contribution in [-0.2, 0) is 6.61 Å².